The SMILES string of the molecule is NC(=O)CCCCCC(NC(=O)C1CNC(=O)C1)c1ncc(-c2ccc3ccccc3c2)[nH]1. The summed E-state index contributed by atoms with van der Waals surface area (Å²) in [6, 6.07) is 14.1. The summed E-state index contributed by atoms with van der Waals surface area (Å²) in [6.45, 7) is 0.358. The molecule has 1 saturated heterocycles. The fourth-order valence-corrected chi connectivity index (χ4v) is 4.20. The molecule has 0 aliphatic carbocycles. The Morgan fingerprint density at radius 2 is 1.94 bits per heavy atom. The highest BCUT2D eigenvalue weighted by molar-refractivity contribution is 5.89. The number of imidazole rings is 1. The molecule has 0 radical (unpaired) electrons. The lowest BCUT2D eigenvalue weighted by Crippen LogP contribution is -2.35. The Kier molecular flexibility index (Phi) is 7.02. The van der Waals surface area contributed by atoms with Crippen molar-refractivity contribution in [3.05, 3.63) is 54.5 Å². The molecule has 0 saturated carbocycles. The Hall–Kier alpha value is -3.68. The molecular weight excluding hydrogens is 418 g/mol. The molecule has 1 aliphatic heterocycles. The van der Waals surface area contributed by atoms with Crippen molar-refractivity contribution in [1.29, 1.82) is 0 Å². The summed E-state index contributed by atoms with van der Waals surface area (Å²) in [7, 11) is 0. The second kappa shape index (κ2) is 10.3. The van der Waals surface area contributed by atoms with E-state index < -0.39 is 0 Å². The summed E-state index contributed by atoms with van der Waals surface area (Å²) in [6.07, 6.45) is 5.38. The summed E-state index contributed by atoms with van der Waals surface area (Å²) in [5, 5.41) is 8.09. The van der Waals surface area contributed by atoms with Crippen molar-refractivity contribution >= 4 is 28.5 Å². The van der Waals surface area contributed by atoms with Crippen molar-refractivity contribution in [3.63, 3.8) is 0 Å². The van der Waals surface area contributed by atoms with Crippen LogP contribution in [-0.4, -0.2) is 34.2 Å². The molecule has 0 bridgehead atoms. The third kappa shape index (κ3) is 5.77. The van der Waals surface area contributed by atoms with Gasteiger partial charge in [-0.15, -0.1) is 0 Å². The molecule has 1 aliphatic rings. The number of unbranched alkanes of at least 4 members (excludes halogenated alkanes) is 2. The van der Waals surface area contributed by atoms with Gasteiger partial charge in [-0.3, -0.25) is 14.4 Å². The van der Waals surface area contributed by atoms with E-state index in [9.17, 15) is 14.4 Å². The van der Waals surface area contributed by atoms with Crippen LogP contribution in [0.3, 0.4) is 0 Å². The minimum Gasteiger partial charge on any atom is -0.370 e. The highest BCUT2D eigenvalue weighted by Gasteiger charge is 2.30. The van der Waals surface area contributed by atoms with Crippen molar-refractivity contribution in [3.8, 4) is 11.3 Å². The fourth-order valence-electron chi connectivity index (χ4n) is 4.20. The van der Waals surface area contributed by atoms with E-state index in [4.69, 9.17) is 5.73 Å². The predicted octanol–water partition coefficient (Wildman–Crippen LogP) is 2.96. The molecule has 2 heterocycles. The second-order valence-electron chi connectivity index (χ2n) is 8.58. The first-order valence-corrected chi connectivity index (χ1v) is 11.4. The zero-order valence-electron chi connectivity index (χ0n) is 18.5. The quantitative estimate of drug-likeness (QED) is 0.356. The van der Waals surface area contributed by atoms with Crippen molar-refractivity contribution in [2.45, 2.75) is 44.6 Å². The van der Waals surface area contributed by atoms with Crippen LogP contribution in [0.1, 0.15) is 50.4 Å². The van der Waals surface area contributed by atoms with Crippen LogP contribution in [0.15, 0.2) is 48.7 Å². The van der Waals surface area contributed by atoms with Crippen molar-refractivity contribution in [1.82, 2.24) is 20.6 Å². The van der Waals surface area contributed by atoms with E-state index in [1.165, 1.54) is 5.39 Å². The van der Waals surface area contributed by atoms with Gasteiger partial charge in [0, 0.05) is 24.9 Å². The van der Waals surface area contributed by atoms with Gasteiger partial charge in [-0.05, 0) is 29.7 Å². The van der Waals surface area contributed by atoms with Crippen molar-refractivity contribution in [2.24, 2.45) is 11.7 Å². The molecule has 0 spiro atoms. The van der Waals surface area contributed by atoms with Gasteiger partial charge in [0.25, 0.3) is 0 Å². The van der Waals surface area contributed by atoms with Crippen LogP contribution in [0.4, 0.5) is 0 Å². The molecular formula is C25H29N5O3. The highest BCUT2D eigenvalue weighted by Crippen LogP contribution is 2.26. The maximum absolute atomic E-state index is 12.8. The van der Waals surface area contributed by atoms with E-state index in [0.717, 1.165) is 35.9 Å². The summed E-state index contributed by atoms with van der Waals surface area (Å²) in [4.78, 5) is 43.2. The second-order valence-corrected chi connectivity index (χ2v) is 8.58. The van der Waals surface area contributed by atoms with Crippen LogP contribution >= 0.6 is 0 Å². The number of primary amides is 1. The average molecular weight is 448 g/mol. The first kappa shape index (κ1) is 22.5. The van der Waals surface area contributed by atoms with Gasteiger partial charge in [-0.25, -0.2) is 4.98 Å². The molecule has 4 rings (SSSR count). The Bertz CT molecular complexity index is 1160. The first-order valence-electron chi connectivity index (χ1n) is 11.4. The van der Waals surface area contributed by atoms with Crippen LogP contribution in [0.2, 0.25) is 0 Å². The number of H-pyrrole nitrogens is 1. The first-order chi connectivity index (χ1) is 16.0. The summed E-state index contributed by atoms with van der Waals surface area (Å²) in [5.74, 6) is -0.248. The number of hydrogen-bond acceptors (Lipinski definition) is 4. The molecule has 3 aromatic rings. The molecule has 33 heavy (non-hydrogen) atoms. The number of rotatable bonds is 10. The molecule has 2 atom stereocenters. The van der Waals surface area contributed by atoms with Crippen LogP contribution in [0.5, 0.6) is 0 Å². The number of nitrogens with one attached hydrogen (secondary N) is 3. The van der Waals surface area contributed by atoms with Gasteiger partial charge >= 0.3 is 0 Å². The molecule has 1 aromatic heterocycles. The average Bonchev–Trinajstić information content (AvgIpc) is 3.47. The van der Waals surface area contributed by atoms with E-state index in [0.29, 0.717) is 25.2 Å². The molecule has 5 N–H and O–H groups in total. The Labute approximate surface area is 192 Å². The van der Waals surface area contributed by atoms with Gasteiger partial charge in [0.05, 0.1) is 23.9 Å². The van der Waals surface area contributed by atoms with Crippen molar-refractivity contribution in [2.75, 3.05) is 6.54 Å². The maximum atomic E-state index is 12.8. The zero-order chi connectivity index (χ0) is 23.2. The smallest absolute Gasteiger partial charge is 0.226 e. The molecule has 8 nitrogen and oxygen atoms in total. The van der Waals surface area contributed by atoms with Crippen LogP contribution in [0.25, 0.3) is 22.0 Å². The lowest BCUT2D eigenvalue weighted by Gasteiger charge is -2.19. The van der Waals surface area contributed by atoms with Crippen LogP contribution in [-0.2, 0) is 14.4 Å². The number of carbonyl (C=O) groups excluding carboxylic acids is 3. The zero-order valence-corrected chi connectivity index (χ0v) is 18.5. The molecule has 2 unspecified atom stereocenters. The monoisotopic (exact) mass is 447 g/mol. The summed E-state index contributed by atoms with van der Waals surface area (Å²) >= 11 is 0. The van der Waals surface area contributed by atoms with E-state index in [2.05, 4.69) is 44.9 Å². The normalized spacial score (nSPS) is 16.5. The minimum absolute atomic E-state index is 0.102. The van der Waals surface area contributed by atoms with E-state index in [1.54, 1.807) is 6.20 Å². The number of nitrogens with zero attached hydrogens (tertiary/aromatic N) is 1. The number of aromatic amines is 1. The lowest BCUT2D eigenvalue weighted by molar-refractivity contribution is -0.127. The van der Waals surface area contributed by atoms with E-state index in [-0.39, 0.29) is 36.1 Å². The number of benzene rings is 2. The van der Waals surface area contributed by atoms with Gasteiger partial charge in [0.15, 0.2) is 0 Å². The number of fused-ring (bicyclic) bond motifs is 1. The minimum atomic E-state index is -0.371. The van der Waals surface area contributed by atoms with Gasteiger partial charge in [0.1, 0.15) is 5.82 Å². The largest absolute Gasteiger partial charge is 0.370 e. The number of carbonyl (C=O) groups is 3. The third-order valence-corrected chi connectivity index (χ3v) is 6.07. The van der Waals surface area contributed by atoms with Crippen LogP contribution in [0, 0.1) is 5.92 Å². The predicted molar refractivity (Wildman–Crippen MR) is 126 cm³/mol. The fraction of sp³-hybridized carbons (Fsp3) is 0.360. The number of nitrogens with two attached hydrogens (primary N) is 1. The topological polar surface area (TPSA) is 130 Å². The molecule has 3 amide bonds. The van der Waals surface area contributed by atoms with Gasteiger partial charge in [-0.1, -0.05) is 49.2 Å². The van der Waals surface area contributed by atoms with E-state index >= 15 is 0 Å². The standard InChI is InChI=1S/C25H29N5O3/c26-22(31)9-3-1-2-8-20(30-25(33)19-13-23(32)27-14-19)24-28-15-21(29-24)18-11-10-16-6-4-5-7-17(16)12-18/h4-7,10-12,15,19-20H,1-3,8-9,13-14H2,(H2,26,31)(H,27,32)(H,28,29)(H,30,33). The highest BCUT2D eigenvalue weighted by atomic mass is 16.2. The Balaban J connectivity index is 1.48. The number of aromatic nitrogens is 2. The van der Waals surface area contributed by atoms with Gasteiger partial charge in [-0.2, -0.15) is 0 Å². The van der Waals surface area contributed by atoms with Gasteiger partial charge < -0.3 is 21.4 Å². The molecule has 2 aromatic carbocycles. The third-order valence-electron chi connectivity index (χ3n) is 6.07. The van der Waals surface area contributed by atoms with Gasteiger partial charge in [0.2, 0.25) is 17.7 Å². The summed E-state index contributed by atoms with van der Waals surface area (Å²) in [5.41, 5.74) is 7.12. The molecule has 172 valence electrons. The summed E-state index contributed by atoms with van der Waals surface area (Å²) < 4.78 is 0. The van der Waals surface area contributed by atoms with Crippen molar-refractivity contribution < 1.29 is 14.4 Å². The Morgan fingerprint density at radius 3 is 2.70 bits per heavy atom. The molecule has 1 fully saturated rings. The van der Waals surface area contributed by atoms with E-state index in [1.807, 2.05) is 18.2 Å². The molecule has 8 heteroatoms. The maximum Gasteiger partial charge on any atom is 0.226 e. The lowest BCUT2D eigenvalue weighted by atomic mass is 10.0. The Morgan fingerprint density at radius 1 is 1.12 bits per heavy atom. The number of amides is 3. The number of hydrogen-bond donors (Lipinski definition) is 4. The van der Waals surface area contributed by atoms with Crippen LogP contribution < -0.4 is 16.4 Å².